The maximum absolute atomic E-state index is 13.9. The molecule has 1 aliphatic heterocycles. The van der Waals surface area contributed by atoms with Crippen molar-refractivity contribution in [2.24, 2.45) is 11.8 Å². The van der Waals surface area contributed by atoms with E-state index in [-0.39, 0.29) is 23.5 Å². The standard InChI is InChI=1S/C27H35F2N7O2/c1-4-18-14-38-12-11-35(18)22-10-9-20-23(33-22)25(31-15-30-20)27(37)32-21-13-36(34-24(21)26(28)29)19-7-5-17(6-8-19)16(2)3/h9-10,13,15-19,26H,4-8,11-12,14H2,1-3H3,(H,32,37)/t17?,18-,19?/m1/s1. The molecule has 1 atom stereocenters. The average Bonchev–Trinajstić information content (AvgIpc) is 3.36. The van der Waals surface area contributed by atoms with Crippen molar-refractivity contribution < 1.29 is 18.3 Å². The Balaban J connectivity index is 1.40. The van der Waals surface area contributed by atoms with Crippen LogP contribution in [0.2, 0.25) is 0 Å². The van der Waals surface area contributed by atoms with Crippen molar-refractivity contribution in [2.45, 2.75) is 71.4 Å². The summed E-state index contributed by atoms with van der Waals surface area (Å²) in [5, 5.41) is 6.83. The molecule has 9 nitrogen and oxygen atoms in total. The maximum Gasteiger partial charge on any atom is 0.284 e. The topological polar surface area (TPSA) is 98.1 Å². The second-order valence-electron chi connectivity index (χ2n) is 10.6. The van der Waals surface area contributed by atoms with Gasteiger partial charge in [0, 0.05) is 12.7 Å². The number of fused-ring (bicyclic) bond motifs is 1. The summed E-state index contributed by atoms with van der Waals surface area (Å²) in [5.41, 5.74) is 0.417. The third-order valence-electron chi connectivity index (χ3n) is 7.95. The molecule has 204 valence electrons. The number of nitrogens with zero attached hydrogens (tertiary/aromatic N) is 6. The molecule has 2 aliphatic rings. The fourth-order valence-corrected chi connectivity index (χ4v) is 5.62. The highest BCUT2D eigenvalue weighted by atomic mass is 19.3. The molecule has 1 amide bonds. The van der Waals surface area contributed by atoms with E-state index >= 15 is 0 Å². The smallest absolute Gasteiger partial charge is 0.284 e. The number of hydrogen-bond acceptors (Lipinski definition) is 7. The Morgan fingerprint density at radius 2 is 1.97 bits per heavy atom. The second kappa shape index (κ2) is 11.3. The molecule has 3 aromatic rings. The predicted molar refractivity (Wildman–Crippen MR) is 141 cm³/mol. The lowest BCUT2D eigenvalue weighted by Crippen LogP contribution is -2.45. The molecule has 38 heavy (non-hydrogen) atoms. The van der Waals surface area contributed by atoms with Crippen LogP contribution in [-0.4, -0.2) is 56.4 Å². The molecule has 3 aromatic heterocycles. The first-order chi connectivity index (χ1) is 18.4. The Morgan fingerprint density at radius 3 is 2.68 bits per heavy atom. The number of alkyl halides is 2. The van der Waals surface area contributed by atoms with Gasteiger partial charge < -0.3 is 15.0 Å². The fourth-order valence-electron chi connectivity index (χ4n) is 5.62. The van der Waals surface area contributed by atoms with Crippen LogP contribution in [0, 0.1) is 11.8 Å². The number of ether oxygens (including phenoxy) is 1. The summed E-state index contributed by atoms with van der Waals surface area (Å²) in [6.07, 6.45) is 4.71. The predicted octanol–water partition coefficient (Wildman–Crippen LogP) is 5.41. The molecule has 0 spiro atoms. The Hall–Kier alpha value is -3.21. The Morgan fingerprint density at radius 1 is 1.18 bits per heavy atom. The zero-order valence-electron chi connectivity index (χ0n) is 22.1. The van der Waals surface area contributed by atoms with Gasteiger partial charge in [0.2, 0.25) is 0 Å². The SMILES string of the molecule is CC[C@@H]1COCCN1c1ccc2ncnc(C(=O)Nc3cn(C4CCC(C(C)C)CC4)nc3C(F)F)c2n1. The van der Waals surface area contributed by atoms with E-state index in [9.17, 15) is 13.6 Å². The van der Waals surface area contributed by atoms with Crippen LogP contribution in [0.4, 0.5) is 20.3 Å². The van der Waals surface area contributed by atoms with E-state index in [0.29, 0.717) is 48.4 Å². The minimum absolute atomic E-state index is 0.00174. The second-order valence-corrected chi connectivity index (χ2v) is 10.6. The number of carbonyl (C=O) groups is 1. The summed E-state index contributed by atoms with van der Waals surface area (Å²) in [6, 6.07) is 3.88. The molecule has 1 saturated heterocycles. The third-order valence-corrected chi connectivity index (χ3v) is 7.95. The highest BCUT2D eigenvalue weighted by molar-refractivity contribution is 6.10. The average molecular weight is 528 g/mol. The van der Waals surface area contributed by atoms with Crippen molar-refractivity contribution >= 4 is 28.4 Å². The van der Waals surface area contributed by atoms with Crippen LogP contribution in [0.1, 0.15) is 81.5 Å². The van der Waals surface area contributed by atoms with Crippen LogP contribution in [0.3, 0.4) is 0 Å². The van der Waals surface area contributed by atoms with Gasteiger partial charge in [0.25, 0.3) is 12.3 Å². The zero-order valence-corrected chi connectivity index (χ0v) is 22.1. The summed E-state index contributed by atoms with van der Waals surface area (Å²) in [7, 11) is 0. The van der Waals surface area contributed by atoms with Gasteiger partial charge in [-0.1, -0.05) is 20.8 Å². The fraction of sp³-hybridized carbons (Fsp3) is 0.593. The third kappa shape index (κ3) is 5.34. The van der Waals surface area contributed by atoms with Gasteiger partial charge in [0.05, 0.1) is 36.5 Å². The molecule has 0 aromatic carbocycles. The van der Waals surface area contributed by atoms with Crippen LogP contribution < -0.4 is 10.2 Å². The van der Waals surface area contributed by atoms with Gasteiger partial charge in [-0.3, -0.25) is 9.48 Å². The first-order valence-electron chi connectivity index (χ1n) is 13.5. The molecule has 1 saturated carbocycles. The zero-order chi connectivity index (χ0) is 26.8. The van der Waals surface area contributed by atoms with Gasteiger partial charge in [0.15, 0.2) is 11.4 Å². The van der Waals surface area contributed by atoms with Crippen LogP contribution in [0.25, 0.3) is 11.0 Å². The van der Waals surface area contributed by atoms with Gasteiger partial charge in [-0.2, -0.15) is 5.10 Å². The minimum Gasteiger partial charge on any atom is -0.377 e. The molecule has 0 radical (unpaired) electrons. The number of halogens is 2. The number of nitrogens with one attached hydrogen (secondary N) is 1. The van der Waals surface area contributed by atoms with Gasteiger partial charge in [-0.15, -0.1) is 0 Å². The monoisotopic (exact) mass is 527 g/mol. The quantitative estimate of drug-likeness (QED) is 0.438. The van der Waals surface area contributed by atoms with Gasteiger partial charge in [-0.05, 0) is 56.1 Å². The van der Waals surface area contributed by atoms with E-state index in [1.54, 1.807) is 10.7 Å². The van der Waals surface area contributed by atoms with Crippen molar-refractivity contribution in [1.29, 1.82) is 0 Å². The van der Waals surface area contributed by atoms with E-state index in [1.807, 2.05) is 6.07 Å². The minimum atomic E-state index is -2.82. The number of pyridine rings is 1. The van der Waals surface area contributed by atoms with Crippen molar-refractivity contribution in [2.75, 3.05) is 30.0 Å². The maximum atomic E-state index is 13.9. The Kier molecular flexibility index (Phi) is 7.83. The van der Waals surface area contributed by atoms with Crippen LogP contribution >= 0.6 is 0 Å². The Bertz CT molecular complexity index is 1270. The van der Waals surface area contributed by atoms with Crippen molar-refractivity contribution in [3.63, 3.8) is 0 Å². The van der Waals surface area contributed by atoms with E-state index in [0.717, 1.165) is 32.1 Å². The summed E-state index contributed by atoms with van der Waals surface area (Å²) in [5.74, 6) is 1.33. The molecule has 5 rings (SSSR count). The van der Waals surface area contributed by atoms with E-state index in [2.05, 4.69) is 46.1 Å². The lowest BCUT2D eigenvalue weighted by Gasteiger charge is -2.36. The first kappa shape index (κ1) is 26.4. The summed E-state index contributed by atoms with van der Waals surface area (Å²) in [4.78, 5) is 28.7. The van der Waals surface area contributed by atoms with Crippen molar-refractivity contribution in [3.05, 3.63) is 36.0 Å². The molecular formula is C27H35F2N7O2. The summed E-state index contributed by atoms with van der Waals surface area (Å²) >= 11 is 0. The van der Waals surface area contributed by atoms with E-state index in [4.69, 9.17) is 9.72 Å². The number of aromatic nitrogens is 5. The lowest BCUT2D eigenvalue weighted by atomic mass is 9.80. The van der Waals surface area contributed by atoms with E-state index in [1.165, 1.54) is 12.5 Å². The van der Waals surface area contributed by atoms with Gasteiger partial charge in [0.1, 0.15) is 17.7 Å². The van der Waals surface area contributed by atoms with Gasteiger partial charge in [-0.25, -0.2) is 23.7 Å². The molecule has 0 bridgehead atoms. The highest BCUT2D eigenvalue weighted by Gasteiger charge is 2.29. The van der Waals surface area contributed by atoms with Crippen LogP contribution in [0.5, 0.6) is 0 Å². The van der Waals surface area contributed by atoms with Crippen molar-refractivity contribution in [3.8, 4) is 0 Å². The number of morpholine rings is 1. The number of hydrogen-bond donors (Lipinski definition) is 1. The largest absolute Gasteiger partial charge is 0.377 e. The van der Waals surface area contributed by atoms with Gasteiger partial charge >= 0.3 is 0 Å². The number of rotatable bonds is 7. The first-order valence-corrected chi connectivity index (χ1v) is 13.5. The Labute approximate surface area is 221 Å². The highest BCUT2D eigenvalue weighted by Crippen LogP contribution is 2.37. The number of anilines is 2. The molecule has 2 fully saturated rings. The summed E-state index contributed by atoms with van der Waals surface area (Å²) in [6.45, 7) is 8.41. The summed E-state index contributed by atoms with van der Waals surface area (Å²) < 4.78 is 35.1. The molecular weight excluding hydrogens is 492 g/mol. The van der Waals surface area contributed by atoms with Crippen LogP contribution in [0.15, 0.2) is 24.7 Å². The van der Waals surface area contributed by atoms with E-state index < -0.39 is 18.0 Å². The number of amides is 1. The molecule has 11 heteroatoms. The normalized spacial score (nSPS) is 22.4. The molecule has 1 aliphatic carbocycles. The number of carbonyl (C=O) groups excluding carboxylic acids is 1. The molecule has 1 N–H and O–H groups in total. The lowest BCUT2D eigenvalue weighted by molar-refractivity contribution is 0.0926. The van der Waals surface area contributed by atoms with Crippen LogP contribution in [-0.2, 0) is 4.74 Å². The molecule has 4 heterocycles. The molecule has 0 unspecified atom stereocenters. The van der Waals surface area contributed by atoms with Crippen molar-refractivity contribution in [1.82, 2.24) is 24.7 Å².